The van der Waals surface area contributed by atoms with E-state index in [1.807, 2.05) is 12.2 Å². The normalized spacial score (nSPS) is 20.1. The van der Waals surface area contributed by atoms with Gasteiger partial charge in [0.1, 0.15) is 0 Å². The SMILES string of the molecule is C=CCN1CNCCNCN(CC=C)CNCCNC1.[Cl][Ni][Cl]. The van der Waals surface area contributed by atoms with E-state index in [0.29, 0.717) is 12.7 Å². The van der Waals surface area contributed by atoms with Gasteiger partial charge in [-0.2, -0.15) is 0 Å². The van der Waals surface area contributed by atoms with Crippen LogP contribution in [-0.4, -0.2) is 75.7 Å². The van der Waals surface area contributed by atoms with Crippen LogP contribution in [0.15, 0.2) is 25.3 Å². The van der Waals surface area contributed by atoms with Gasteiger partial charge in [0.05, 0.1) is 0 Å². The molecule has 1 rings (SSSR count). The van der Waals surface area contributed by atoms with Gasteiger partial charge in [0, 0.05) is 65.9 Å². The summed E-state index contributed by atoms with van der Waals surface area (Å²) >= 11 is 0.569. The van der Waals surface area contributed by atoms with Crippen LogP contribution >= 0.6 is 20.4 Å². The number of nitrogens with zero attached hydrogens (tertiary/aromatic N) is 2. The summed E-state index contributed by atoms with van der Waals surface area (Å²) in [5.74, 6) is 0. The molecule has 4 N–H and O–H groups in total. The van der Waals surface area contributed by atoms with Crippen LogP contribution in [0, 0.1) is 0 Å². The van der Waals surface area contributed by atoms with Gasteiger partial charge in [-0.25, -0.2) is 0 Å². The fourth-order valence-corrected chi connectivity index (χ4v) is 2.04. The molecule has 140 valence electrons. The predicted octanol–water partition coefficient (Wildman–Crippen LogP) is 0.541. The molecule has 9 heteroatoms. The Morgan fingerprint density at radius 1 is 0.739 bits per heavy atom. The topological polar surface area (TPSA) is 54.6 Å². The Hall–Kier alpha value is 0.314. The van der Waals surface area contributed by atoms with E-state index in [9.17, 15) is 0 Å². The van der Waals surface area contributed by atoms with Crippen molar-refractivity contribution in [1.29, 1.82) is 0 Å². The standard InChI is InChI=1S/C14H30N6.2ClH.Ni/c1-3-9-19-11-15-5-7-17-13-20(10-4-2)14-18-8-6-16-12-19;;;/h3-4,15-18H,1-2,5-14H2;2*1H;/q;;;+2/p-2. The zero-order valence-electron chi connectivity index (χ0n) is 13.6. The first kappa shape index (κ1) is 23.3. The number of halogens is 2. The predicted molar refractivity (Wildman–Crippen MR) is 97.0 cm³/mol. The molecule has 0 aliphatic carbocycles. The molecule has 1 saturated heterocycles. The summed E-state index contributed by atoms with van der Waals surface area (Å²) in [6.07, 6.45) is 3.88. The van der Waals surface area contributed by atoms with Crippen LogP contribution in [0.2, 0.25) is 0 Å². The van der Waals surface area contributed by atoms with Crippen LogP contribution in [0.3, 0.4) is 0 Å². The summed E-state index contributed by atoms with van der Waals surface area (Å²) < 4.78 is 0. The molecule has 0 spiro atoms. The Morgan fingerprint density at radius 3 is 1.22 bits per heavy atom. The van der Waals surface area contributed by atoms with E-state index in [1.54, 1.807) is 0 Å². The summed E-state index contributed by atoms with van der Waals surface area (Å²) in [6.45, 7) is 16.8. The van der Waals surface area contributed by atoms with Crippen molar-refractivity contribution >= 4 is 20.4 Å². The van der Waals surface area contributed by atoms with Gasteiger partial charge < -0.3 is 21.3 Å². The fraction of sp³-hybridized carbons (Fsp3) is 0.714. The number of nitrogens with one attached hydrogen (secondary N) is 4. The monoisotopic (exact) mass is 410 g/mol. The minimum absolute atomic E-state index is 0.569. The van der Waals surface area contributed by atoms with Gasteiger partial charge in [0.2, 0.25) is 0 Å². The van der Waals surface area contributed by atoms with Gasteiger partial charge in [-0.3, -0.25) is 9.80 Å². The van der Waals surface area contributed by atoms with E-state index in [2.05, 4.69) is 44.2 Å². The molecule has 0 amide bonds. The molecule has 0 aromatic heterocycles. The quantitative estimate of drug-likeness (QED) is 0.400. The summed E-state index contributed by atoms with van der Waals surface area (Å²) in [5, 5.41) is 13.8. The van der Waals surface area contributed by atoms with Crippen molar-refractivity contribution in [1.82, 2.24) is 31.1 Å². The Labute approximate surface area is 155 Å². The molecule has 23 heavy (non-hydrogen) atoms. The zero-order valence-corrected chi connectivity index (χ0v) is 16.1. The molecule has 0 atom stereocenters. The van der Waals surface area contributed by atoms with Crippen LogP contribution in [0.25, 0.3) is 0 Å². The molecule has 1 aliphatic heterocycles. The molecule has 0 aromatic rings. The maximum absolute atomic E-state index is 4.70. The third kappa shape index (κ3) is 15.6. The number of hydrogen-bond acceptors (Lipinski definition) is 6. The van der Waals surface area contributed by atoms with Gasteiger partial charge in [0.15, 0.2) is 0 Å². The fourth-order valence-electron chi connectivity index (χ4n) is 2.04. The maximum atomic E-state index is 4.70. The van der Waals surface area contributed by atoms with Crippen molar-refractivity contribution in [2.75, 3.05) is 65.9 Å². The first-order valence-electron chi connectivity index (χ1n) is 7.60. The Balaban J connectivity index is 0.00000149. The molecule has 0 unspecified atom stereocenters. The van der Waals surface area contributed by atoms with E-state index in [4.69, 9.17) is 20.4 Å². The molecule has 1 fully saturated rings. The van der Waals surface area contributed by atoms with E-state index < -0.39 is 0 Å². The molecule has 1 aliphatic rings. The second-order valence-electron chi connectivity index (χ2n) is 4.96. The van der Waals surface area contributed by atoms with Crippen LogP contribution in [0.4, 0.5) is 0 Å². The minimum atomic E-state index is 0.569. The summed E-state index contributed by atoms with van der Waals surface area (Å²) in [4.78, 5) is 4.59. The third-order valence-corrected chi connectivity index (χ3v) is 3.07. The third-order valence-electron chi connectivity index (χ3n) is 3.07. The van der Waals surface area contributed by atoms with Crippen molar-refractivity contribution < 1.29 is 12.7 Å². The number of hydrogen-bond donors (Lipinski definition) is 4. The van der Waals surface area contributed by atoms with Crippen molar-refractivity contribution in [3.63, 3.8) is 0 Å². The van der Waals surface area contributed by atoms with Crippen molar-refractivity contribution in [2.24, 2.45) is 0 Å². The van der Waals surface area contributed by atoms with E-state index in [1.165, 1.54) is 0 Å². The zero-order chi connectivity index (χ0) is 17.2. The Kier molecular flexibility index (Phi) is 18.9. The van der Waals surface area contributed by atoms with Crippen molar-refractivity contribution in [2.45, 2.75) is 0 Å². The van der Waals surface area contributed by atoms with Crippen LogP contribution in [0.1, 0.15) is 0 Å². The Bertz CT molecular complexity index is 244. The summed E-state index contributed by atoms with van der Waals surface area (Å²) in [6, 6.07) is 0. The molecule has 1 heterocycles. The molecule has 0 saturated carbocycles. The van der Waals surface area contributed by atoms with Gasteiger partial charge >= 0.3 is 33.0 Å². The number of rotatable bonds is 4. The average molecular weight is 412 g/mol. The van der Waals surface area contributed by atoms with Gasteiger partial charge in [-0.1, -0.05) is 12.2 Å². The molecule has 0 aromatic carbocycles. The average Bonchev–Trinajstić information content (AvgIpc) is 2.53. The first-order chi connectivity index (χ1) is 11.3. The van der Waals surface area contributed by atoms with E-state index in [-0.39, 0.29) is 0 Å². The Morgan fingerprint density at radius 2 is 1.00 bits per heavy atom. The van der Waals surface area contributed by atoms with Crippen molar-refractivity contribution in [3.05, 3.63) is 25.3 Å². The summed E-state index contributed by atoms with van der Waals surface area (Å²) in [5.41, 5.74) is 0. The van der Waals surface area contributed by atoms with Crippen LogP contribution in [-0.2, 0) is 12.7 Å². The van der Waals surface area contributed by atoms with E-state index in [0.717, 1.165) is 65.9 Å². The molecule has 6 nitrogen and oxygen atoms in total. The van der Waals surface area contributed by atoms with Gasteiger partial charge in [-0.15, -0.1) is 13.2 Å². The first-order valence-corrected chi connectivity index (χ1v) is 10.3. The van der Waals surface area contributed by atoms with Crippen LogP contribution < -0.4 is 21.3 Å². The van der Waals surface area contributed by atoms with Gasteiger partial charge in [-0.05, 0) is 0 Å². The van der Waals surface area contributed by atoms with Crippen LogP contribution in [0.5, 0.6) is 0 Å². The van der Waals surface area contributed by atoms with Crippen molar-refractivity contribution in [3.8, 4) is 0 Å². The second kappa shape index (κ2) is 18.6. The summed E-state index contributed by atoms with van der Waals surface area (Å²) in [7, 11) is 9.40. The molecular weight excluding hydrogens is 382 g/mol. The molecule has 0 radical (unpaired) electrons. The molecular formula is C14H30Cl2N6Ni. The molecule has 0 bridgehead atoms. The second-order valence-corrected chi connectivity index (χ2v) is 6.59. The van der Waals surface area contributed by atoms with E-state index >= 15 is 0 Å². The van der Waals surface area contributed by atoms with Gasteiger partial charge in [0.25, 0.3) is 0 Å².